The van der Waals surface area contributed by atoms with Crippen molar-refractivity contribution in [2.24, 2.45) is 0 Å². The maximum absolute atomic E-state index is 10.8. The highest BCUT2D eigenvalue weighted by Gasteiger charge is 2.11. The Labute approximate surface area is 80.9 Å². The summed E-state index contributed by atoms with van der Waals surface area (Å²) in [6, 6.07) is 2.88. The Hall–Kier alpha value is -1.78. The van der Waals surface area contributed by atoms with E-state index in [0.717, 1.165) is 0 Å². The van der Waals surface area contributed by atoms with E-state index in [9.17, 15) is 14.9 Å². The molecule has 1 heterocycles. The molecule has 1 aromatic rings. The zero-order chi connectivity index (χ0) is 10.7. The van der Waals surface area contributed by atoms with Gasteiger partial charge in [0.2, 0.25) is 0 Å². The number of carbonyl (C=O) groups excluding carboxylic acids is 1. The number of aromatic nitrogens is 1. The summed E-state index contributed by atoms with van der Waals surface area (Å²) in [5, 5.41) is 10.5. The fourth-order valence-corrected chi connectivity index (χ4v) is 1.15. The number of hydrogen-bond acceptors (Lipinski definition) is 4. The molecule has 0 saturated carbocycles. The molecular formula is C9H10N2O3. The Kier molecular flexibility index (Phi) is 2.91. The second kappa shape index (κ2) is 3.95. The van der Waals surface area contributed by atoms with Crippen molar-refractivity contribution in [3.8, 4) is 0 Å². The molecule has 0 bridgehead atoms. The third kappa shape index (κ3) is 2.35. The minimum absolute atomic E-state index is 0.00856. The number of pyridine rings is 1. The second-order valence-corrected chi connectivity index (χ2v) is 3.04. The molecule has 0 aromatic carbocycles. The lowest BCUT2D eigenvalue weighted by atomic mass is 10.2. The van der Waals surface area contributed by atoms with Crippen molar-refractivity contribution in [1.82, 2.24) is 4.98 Å². The Bertz CT molecular complexity index is 388. The van der Waals surface area contributed by atoms with Gasteiger partial charge >= 0.3 is 0 Å². The highest BCUT2D eigenvalue weighted by Crippen LogP contribution is 2.15. The van der Waals surface area contributed by atoms with Crippen LogP contribution in [0.1, 0.15) is 18.3 Å². The van der Waals surface area contributed by atoms with Crippen molar-refractivity contribution in [1.29, 1.82) is 0 Å². The van der Waals surface area contributed by atoms with E-state index >= 15 is 0 Å². The average Bonchev–Trinajstić information content (AvgIpc) is 2.01. The number of nitrogens with zero attached hydrogens (tertiary/aromatic N) is 2. The highest BCUT2D eigenvalue weighted by molar-refractivity contribution is 5.77. The second-order valence-electron chi connectivity index (χ2n) is 3.04. The number of aryl methyl sites for hydroxylation is 1. The molecule has 0 aliphatic heterocycles. The molecule has 0 atom stereocenters. The monoisotopic (exact) mass is 194 g/mol. The molecule has 1 rings (SSSR count). The van der Waals surface area contributed by atoms with Crippen LogP contribution in [-0.2, 0) is 11.2 Å². The number of nitro groups is 1. The van der Waals surface area contributed by atoms with Gasteiger partial charge in [-0.2, -0.15) is 0 Å². The van der Waals surface area contributed by atoms with Crippen molar-refractivity contribution >= 4 is 11.5 Å². The molecule has 5 nitrogen and oxygen atoms in total. The van der Waals surface area contributed by atoms with Crippen molar-refractivity contribution < 1.29 is 9.72 Å². The zero-order valence-electron chi connectivity index (χ0n) is 7.98. The van der Waals surface area contributed by atoms with Crippen LogP contribution in [-0.4, -0.2) is 15.7 Å². The molecule has 0 N–H and O–H groups in total. The first-order valence-corrected chi connectivity index (χ1v) is 4.11. The van der Waals surface area contributed by atoms with Crippen LogP contribution in [0.2, 0.25) is 0 Å². The van der Waals surface area contributed by atoms with Crippen molar-refractivity contribution in [2.75, 3.05) is 0 Å². The molecule has 0 aliphatic carbocycles. The smallest absolute Gasteiger partial charge is 0.290 e. The van der Waals surface area contributed by atoms with E-state index in [1.807, 2.05) is 0 Å². The van der Waals surface area contributed by atoms with Crippen molar-refractivity contribution in [3.05, 3.63) is 33.6 Å². The van der Waals surface area contributed by atoms with Crippen molar-refractivity contribution in [2.45, 2.75) is 20.3 Å². The third-order valence-corrected chi connectivity index (χ3v) is 1.74. The number of Topliss-reactive ketones (excluding diaryl/α,β-unsaturated/α-hetero) is 1. The lowest BCUT2D eigenvalue weighted by Gasteiger charge is -1.99. The summed E-state index contributed by atoms with van der Waals surface area (Å²) in [4.78, 5) is 24.7. The molecule has 5 heteroatoms. The minimum atomic E-state index is -0.486. The van der Waals surface area contributed by atoms with Crippen LogP contribution in [0.25, 0.3) is 0 Å². The Balaban J connectivity index is 3.00. The summed E-state index contributed by atoms with van der Waals surface area (Å²) in [6.07, 6.45) is 0.221. The summed E-state index contributed by atoms with van der Waals surface area (Å²) in [7, 11) is 0. The number of hydrogen-bond donors (Lipinski definition) is 0. The van der Waals surface area contributed by atoms with Gasteiger partial charge in [0.25, 0.3) is 5.69 Å². The molecule has 14 heavy (non-hydrogen) atoms. The number of rotatable bonds is 3. The largest absolute Gasteiger partial charge is 0.300 e. The van der Waals surface area contributed by atoms with Crippen LogP contribution >= 0.6 is 0 Å². The molecule has 0 radical (unpaired) electrons. The highest BCUT2D eigenvalue weighted by atomic mass is 16.6. The molecule has 1 aromatic heterocycles. The van der Waals surface area contributed by atoms with Crippen LogP contribution in [0.5, 0.6) is 0 Å². The Morgan fingerprint density at radius 1 is 1.57 bits per heavy atom. The lowest BCUT2D eigenvalue weighted by Crippen LogP contribution is -2.02. The van der Waals surface area contributed by atoms with Gasteiger partial charge in [0.05, 0.1) is 4.92 Å². The van der Waals surface area contributed by atoms with E-state index in [2.05, 4.69) is 4.98 Å². The fourth-order valence-electron chi connectivity index (χ4n) is 1.15. The quantitative estimate of drug-likeness (QED) is 0.539. The summed E-state index contributed by atoms with van der Waals surface area (Å²) < 4.78 is 0. The van der Waals surface area contributed by atoms with Gasteiger partial charge in [0.1, 0.15) is 11.5 Å². The summed E-state index contributed by atoms with van der Waals surface area (Å²) in [5.41, 5.74) is 0.895. The Morgan fingerprint density at radius 2 is 2.21 bits per heavy atom. The van der Waals surface area contributed by atoms with Gasteiger partial charge in [-0.3, -0.25) is 19.9 Å². The first-order valence-electron chi connectivity index (χ1n) is 4.11. The predicted octanol–water partition coefficient (Wildman–Crippen LogP) is 1.43. The molecule has 74 valence electrons. The summed E-state index contributed by atoms with van der Waals surface area (Å²) >= 11 is 0. The van der Waals surface area contributed by atoms with Crippen LogP contribution in [0.3, 0.4) is 0 Å². The van der Waals surface area contributed by atoms with Crippen LogP contribution in [0, 0.1) is 17.0 Å². The van der Waals surface area contributed by atoms with Crippen molar-refractivity contribution in [3.63, 3.8) is 0 Å². The first kappa shape index (κ1) is 10.3. The van der Waals surface area contributed by atoms with E-state index < -0.39 is 4.92 Å². The van der Waals surface area contributed by atoms with E-state index in [-0.39, 0.29) is 17.9 Å². The van der Waals surface area contributed by atoms with E-state index in [1.165, 1.54) is 19.1 Å². The molecule has 0 unspecified atom stereocenters. The van der Waals surface area contributed by atoms with Crippen LogP contribution in [0.15, 0.2) is 12.1 Å². The molecule has 0 amide bonds. The third-order valence-electron chi connectivity index (χ3n) is 1.74. The lowest BCUT2D eigenvalue weighted by molar-refractivity contribution is -0.385. The van der Waals surface area contributed by atoms with Gasteiger partial charge in [-0.1, -0.05) is 0 Å². The molecule has 0 fully saturated rings. The molecule has 0 spiro atoms. The summed E-state index contributed by atoms with van der Waals surface area (Å²) in [5.74, 6) is -0.00856. The van der Waals surface area contributed by atoms with Crippen LogP contribution < -0.4 is 0 Å². The normalized spacial score (nSPS) is 9.86. The van der Waals surface area contributed by atoms with Gasteiger partial charge in [0, 0.05) is 18.2 Å². The predicted molar refractivity (Wildman–Crippen MR) is 50.0 cm³/mol. The fraction of sp³-hybridized carbons (Fsp3) is 0.333. The van der Waals surface area contributed by atoms with Gasteiger partial charge in [-0.05, 0) is 19.9 Å². The summed E-state index contributed by atoms with van der Waals surface area (Å²) in [6.45, 7) is 3.01. The molecular weight excluding hydrogens is 184 g/mol. The Morgan fingerprint density at radius 3 is 2.64 bits per heavy atom. The average molecular weight is 194 g/mol. The van der Waals surface area contributed by atoms with Gasteiger partial charge in [-0.25, -0.2) is 0 Å². The first-order chi connectivity index (χ1) is 6.50. The molecule has 0 aliphatic rings. The van der Waals surface area contributed by atoms with E-state index in [0.29, 0.717) is 11.4 Å². The maximum atomic E-state index is 10.8. The minimum Gasteiger partial charge on any atom is -0.300 e. The van der Waals surface area contributed by atoms with E-state index in [1.54, 1.807) is 6.92 Å². The van der Waals surface area contributed by atoms with E-state index in [4.69, 9.17) is 0 Å². The van der Waals surface area contributed by atoms with Gasteiger partial charge in [0.15, 0.2) is 0 Å². The number of carbonyl (C=O) groups is 1. The maximum Gasteiger partial charge on any atom is 0.290 e. The standard InChI is InChI=1S/C9H10N2O3/c1-6(12)5-8-3-4-9(11(13)14)7(2)10-8/h3-4H,5H2,1-2H3. The topological polar surface area (TPSA) is 73.1 Å². The SMILES string of the molecule is CC(=O)Cc1ccc([N+](=O)[O-])c(C)n1. The zero-order valence-corrected chi connectivity index (χ0v) is 7.98. The van der Waals surface area contributed by atoms with Gasteiger partial charge in [-0.15, -0.1) is 0 Å². The number of ketones is 1. The van der Waals surface area contributed by atoms with Crippen LogP contribution in [0.4, 0.5) is 5.69 Å². The molecule has 0 saturated heterocycles. The van der Waals surface area contributed by atoms with Gasteiger partial charge < -0.3 is 0 Å².